The molecule has 0 aromatic carbocycles. The molecule has 0 unspecified atom stereocenters. The molecule has 1 N–H and O–H groups in total. The zero-order chi connectivity index (χ0) is 14.1. The van der Waals surface area contributed by atoms with E-state index in [0.717, 1.165) is 5.69 Å². The first-order valence-electron chi connectivity index (χ1n) is 5.78. The Morgan fingerprint density at radius 1 is 1.45 bits per heavy atom. The fraction of sp³-hybridized carbons (Fsp3) is 0.167. The molecule has 3 aromatic rings. The molecule has 0 saturated carbocycles. The number of nitrogens with zero attached hydrogens (tertiary/aromatic N) is 3. The molecule has 20 heavy (non-hydrogen) atoms. The SMILES string of the molecule is CC(=O)Nc1nc(Cn2cnc3ccsc3c2=O)cs1. The highest BCUT2D eigenvalue weighted by atomic mass is 32.1. The molecule has 0 spiro atoms. The maximum Gasteiger partial charge on any atom is 0.271 e. The highest BCUT2D eigenvalue weighted by Gasteiger charge is 2.08. The number of carbonyl (C=O) groups is 1. The highest BCUT2D eigenvalue weighted by molar-refractivity contribution is 7.17. The van der Waals surface area contributed by atoms with Crippen LogP contribution in [-0.4, -0.2) is 20.4 Å². The number of rotatable bonds is 3. The molecule has 0 atom stereocenters. The number of amides is 1. The summed E-state index contributed by atoms with van der Waals surface area (Å²) in [6.45, 7) is 1.77. The van der Waals surface area contributed by atoms with Gasteiger partial charge in [0.05, 0.1) is 24.1 Å². The van der Waals surface area contributed by atoms with E-state index in [2.05, 4.69) is 15.3 Å². The molecule has 0 saturated heterocycles. The normalized spacial score (nSPS) is 10.8. The number of hydrogen-bond acceptors (Lipinski definition) is 6. The van der Waals surface area contributed by atoms with Crippen LogP contribution in [0.2, 0.25) is 0 Å². The topological polar surface area (TPSA) is 76.9 Å². The Bertz CT molecular complexity index is 833. The number of carbonyl (C=O) groups excluding carboxylic acids is 1. The van der Waals surface area contributed by atoms with Gasteiger partial charge in [0.15, 0.2) is 5.13 Å². The van der Waals surface area contributed by atoms with E-state index < -0.39 is 0 Å². The lowest BCUT2D eigenvalue weighted by molar-refractivity contribution is -0.114. The second-order valence-electron chi connectivity index (χ2n) is 4.14. The van der Waals surface area contributed by atoms with Crippen LogP contribution in [0.4, 0.5) is 5.13 Å². The van der Waals surface area contributed by atoms with Crippen LogP contribution in [-0.2, 0) is 11.3 Å². The van der Waals surface area contributed by atoms with Gasteiger partial charge in [-0.15, -0.1) is 22.7 Å². The minimum Gasteiger partial charge on any atom is -0.302 e. The van der Waals surface area contributed by atoms with Crippen LogP contribution in [0, 0.1) is 0 Å². The van der Waals surface area contributed by atoms with Crippen LogP contribution >= 0.6 is 22.7 Å². The average Bonchev–Trinajstić information content (AvgIpc) is 3.01. The van der Waals surface area contributed by atoms with E-state index in [4.69, 9.17) is 0 Å². The van der Waals surface area contributed by atoms with E-state index in [1.807, 2.05) is 16.8 Å². The second-order valence-corrected chi connectivity index (χ2v) is 5.91. The first-order chi connectivity index (χ1) is 9.63. The summed E-state index contributed by atoms with van der Waals surface area (Å²) >= 11 is 2.71. The summed E-state index contributed by atoms with van der Waals surface area (Å²) in [5, 5.41) is 6.82. The summed E-state index contributed by atoms with van der Waals surface area (Å²) in [5.74, 6) is -0.162. The van der Waals surface area contributed by atoms with Gasteiger partial charge in [0.25, 0.3) is 5.56 Å². The third-order valence-electron chi connectivity index (χ3n) is 2.60. The van der Waals surface area contributed by atoms with Gasteiger partial charge in [-0.25, -0.2) is 9.97 Å². The van der Waals surface area contributed by atoms with Gasteiger partial charge in [0.2, 0.25) is 5.91 Å². The monoisotopic (exact) mass is 306 g/mol. The van der Waals surface area contributed by atoms with Crippen molar-refractivity contribution in [3.63, 3.8) is 0 Å². The molecule has 3 rings (SSSR count). The van der Waals surface area contributed by atoms with E-state index in [-0.39, 0.29) is 11.5 Å². The van der Waals surface area contributed by atoms with Crippen molar-refractivity contribution < 1.29 is 4.79 Å². The molecule has 1 amide bonds. The Balaban J connectivity index is 1.89. The van der Waals surface area contributed by atoms with Crippen LogP contribution in [0.25, 0.3) is 10.2 Å². The van der Waals surface area contributed by atoms with Gasteiger partial charge in [0.1, 0.15) is 4.70 Å². The summed E-state index contributed by atoms with van der Waals surface area (Å²) in [5.41, 5.74) is 1.37. The van der Waals surface area contributed by atoms with Crippen molar-refractivity contribution in [2.75, 3.05) is 5.32 Å². The smallest absolute Gasteiger partial charge is 0.271 e. The molecule has 3 heterocycles. The number of nitrogens with one attached hydrogen (secondary N) is 1. The number of thiophene rings is 1. The third kappa shape index (κ3) is 2.47. The molecule has 8 heteroatoms. The minimum atomic E-state index is -0.162. The van der Waals surface area contributed by atoms with E-state index in [1.54, 1.807) is 0 Å². The van der Waals surface area contributed by atoms with Gasteiger partial charge in [-0.2, -0.15) is 0 Å². The van der Waals surface area contributed by atoms with E-state index in [9.17, 15) is 9.59 Å². The lowest BCUT2D eigenvalue weighted by Crippen LogP contribution is -2.20. The number of aromatic nitrogens is 3. The predicted octanol–water partition coefficient (Wildman–Crippen LogP) is 1.92. The fourth-order valence-corrected chi connectivity index (χ4v) is 3.29. The summed E-state index contributed by atoms with van der Waals surface area (Å²) in [7, 11) is 0. The van der Waals surface area contributed by atoms with Crippen molar-refractivity contribution in [1.29, 1.82) is 0 Å². The van der Waals surface area contributed by atoms with Gasteiger partial charge in [-0.05, 0) is 11.4 Å². The maximum absolute atomic E-state index is 12.2. The molecule has 0 aliphatic heterocycles. The molecule has 0 radical (unpaired) electrons. The average molecular weight is 306 g/mol. The molecular formula is C12H10N4O2S2. The first kappa shape index (κ1) is 12.9. The molecule has 0 aliphatic rings. The fourth-order valence-electron chi connectivity index (χ4n) is 1.75. The van der Waals surface area contributed by atoms with Gasteiger partial charge < -0.3 is 5.32 Å². The van der Waals surface area contributed by atoms with Crippen LogP contribution in [0.3, 0.4) is 0 Å². The zero-order valence-electron chi connectivity index (χ0n) is 10.5. The Hall–Kier alpha value is -2.06. The number of fused-ring (bicyclic) bond motifs is 1. The number of thiazole rings is 1. The van der Waals surface area contributed by atoms with Gasteiger partial charge in [-0.1, -0.05) is 0 Å². The minimum absolute atomic E-state index is 0.0703. The maximum atomic E-state index is 12.2. The van der Waals surface area contributed by atoms with Crippen molar-refractivity contribution >= 4 is 43.9 Å². The third-order valence-corrected chi connectivity index (χ3v) is 4.30. The molecule has 6 nitrogen and oxygen atoms in total. The first-order valence-corrected chi connectivity index (χ1v) is 7.54. The standard InChI is InChI=1S/C12H10N4O2S2/c1-7(17)14-12-15-8(5-20-12)4-16-6-13-9-2-3-19-10(9)11(16)18/h2-3,5-6H,4H2,1H3,(H,14,15,17). The van der Waals surface area contributed by atoms with E-state index >= 15 is 0 Å². The lowest BCUT2D eigenvalue weighted by atomic mass is 10.4. The Labute approximate surface area is 121 Å². The van der Waals surface area contributed by atoms with Crippen LogP contribution in [0.15, 0.2) is 27.9 Å². The molecule has 0 fully saturated rings. The van der Waals surface area contributed by atoms with Crippen molar-refractivity contribution in [2.45, 2.75) is 13.5 Å². The van der Waals surface area contributed by atoms with Crippen LogP contribution < -0.4 is 10.9 Å². The quantitative estimate of drug-likeness (QED) is 0.802. The predicted molar refractivity (Wildman–Crippen MR) is 79.4 cm³/mol. The Morgan fingerprint density at radius 2 is 2.30 bits per heavy atom. The lowest BCUT2D eigenvalue weighted by Gasteiger charge is -2.02. The summed E-state index contributed by atoms with van der Waals surface area (Å²) < 4.78 is 2.16. The van der Waals surface area contributed by atoms with Crippen molar-refractivity contribution in [2.24, 2.45) is 0 Å². The summed E-state index contributed by atoms with van der Waals surface area (Å²) in [4.78, 5) is 31.7. The van der Waals surface area contributed by atoms with Gasteiger partial charge >= 0.3 is 0 Å². The van der Waals surface area contributed by atoms with Crippen LogP contribution in [0.1, 0.15) is 12.6 Å². The van der Waals surface area contributed by atoms with Crippen LogP contribution in [0.5, 0.6) is 0 Å². The van der Waals surface area contributed by atoms with Crippen molar-refractivity contribution in [3.8, 4) is 0 Å². The molecule has 102 valence electrons. The van der Waals surface area contributed by atoms with Crippen molar-refractivity contribution in [3.05, 3.63) is 39.2 Å². The highest BCUT2D eigenvalue weighted by Crippen LogP contribution is 2.17. The Morgan fingerprint density at radius 3 is 3.10 bits per heavy atom. The van der Waals surface area contributed by atoms with E-state index in [0.29, 0.717) is 21.9 Å². The number of anilines is 1. The van der Waals surface area contributed by atoms with Gasteiger partial charge in [-0.3, -0.25) is 14.2 Å². The molecule has 3 aromatic heterocycles. The largest absolute Gasteiger partial charge is 0.302 e. The summed E-state index contributed by atoms with van der Waals surface area (Å²) in [6.07, 6.45) is 1.52. The molecular weight excluding hydrogens is 296 g/mol. The van der Waals surface area contributed by atoms with E-state index in [1.165, 1.54) is 40.5 Å². The number of hydrogen-bond donors (Lipinski definition) is 1. The van der Waals surface area contributed by atoms with Crippen molar-refractivity contribution in [1.82, 2.24) is 14.5 Å². The zero-order valence-corrected chi connectivity index (χ0v) is 12.1. The molecule has 0 aliphatic carbocycles. The Kier molecular flexibility index (Phi) is 3.33. The van der Waals surface area contributed by atoms with Gasteiger partial charge in [0, 0.05) is 12.3 Å². The summed E-state index contributed by atoms with van der Waals surface area (Å²) in [6, 6.07) is 1.82. The second kappa shape index (κ2) is 5.14. The molecule has 0 bridgehead atoms.